The molecule has 2 heterocycles. The van der Waals surface area contributed by atoms with Gasteiger partial charge in [0.2, 0.25) is 0 Å². The second-order valence-corrected chi connectivity index (χ2v) is 7.33. The van der Waals surface area contributed by atoms with E-state index in [2.05, 4.69) is 36.2 Å². The van der Waals surface area contributed by atoms with Gasteiger partial charge in [-0.25, -0.2) is 0 Å². The molecule has 0 fully saturated rings. The maximum absolute atomic E-state index is 11.6. The van der Waals surface area contributed by atoms with Crippen molar-refractivity contribution < 1.29 is 9.53 Å². The first-order valence-electron chi connectivity index (χ1n) is 5.12. The molecular formula is C10H11BrN4O2Se. The second kappa shape index (κ2) is 4.95. The van der Waals surface area contributed by atoms with Crippen LogP contribution in [0, 0.1) is 0 Å². The van der Waals surface area contributed by atoms with Gasteiger partial charge in [-0.1, -0.05) is 0 Å². The molecule has 8 heteroatoms. The molecule has 2 aromatic rings. The van der Waals surface area contributed by atoms with Crippen LogP contribution in [-0.4, -0.2) is 41.1 Å². The molecule has 0 radical (unpaired) electrons. The topological polar surface area (TPSA) is 77.0 Å². The number of fused-ring (bicyclic) bond motifs is 1. The first-order chi connectivity index (χ1) is 8.33. The summed E-state index contributed by atoms with van der Waals surface area (Å²) < 4.78 is 7.17. The minimum absolute atomic E-state index is 0.150. The van der Waals surface area contributed by atoms with E-state index in [1.807, 2.05) is 20.8 Å². The molecule has 1 N–H and O–H groups in total. The van der Waals surface area contributed by atoms with Crippen molar-refractivity contribution in [2.24, 2.45) is 0 Å². The maximum atomic E-state index is 11.6. The number of hydrogen-bond donors (Lipinski definition) is 1. The normalized spacial score (nSPS) is 11.6. The monoisotopic (exact) mass is 378 g/mol. The van der Waals surface area contributed by atoms with Crippen LogP contribution in [0.1, 0.15) is 20.8 Å². The molecule has 0 aliphatic carbocycles. The van der Waals surface area contributed by atoms with Gasteiger partial charge in [-0.05, 0) is 0 Å². The van der Waals surface area contributed by atoms with E-state index in [0.717, 1.165) is 4.39 Å². The molecule has 1 amide bonds. The van der Waals surface area contributed by atoms with Gasteiger partial charge in [0.1, 0.15) is 0 Å². The van der Waals surface area contributed by atoms with E-state index in [9.17, 15) is 4.79 Å². The number of aromatic nitrogens is 3. The van der Waals surface area contributed by atoms with Gasteiger partial charge in [0.05, 0.1) is 0 Å². The molecule has 0 aliphatic rings. The molecule has 6 nitrogen and oxygen atoms in total. The molecule has 0 spiro atoms. The average molecular weight is 378 g/mol. The molecule has 2 rings (SSSR count). The second-order valence-electron chi connectivity index (χ2n) is 4.47. The van der Waals surface area contributed by atoms with Gasteiger partial charge in [0.15, 0.2) is 0 Å². The summed E-state index contributed by atoms with van der Waals surface area (Å²) in [5.74, 6) is 0. The van der Waals surface area contributed by atoms with Gasteiger partial charge in [-0.2, -0.15) is 0 Å². The molecule has 96 valence electrons. The van der Waals surface area contributed by atoms with E-state index in [-0.39, 0.29) is 14.5 Å². The predicted molar refractivity (Wildman–Crippen MR) is 71.8 cm³/mol. The number of nitrogens with zero attached hydrogens (tertiary/aromatic N) is 3. The third-order valence-electron chi connectivity index (χ3n) is 1.70. The number of hydrogen-bond acceptors (Lipinski definition) is 5. The van der Waals surface area contributed by atoms with Crippen molar-refractivity contribution in [3.63, 3.8) is 0 Å². The Morgan fingerprint density at radius 1 is 1.44 bits per heavy atom. The van der Waals surface area contributed by atoms with Gasteiger partial charge < -0.3 is 0 Å². The Labute approximate surface area is 118 Å². The molecule has 0 atom stereocenters. The average Bonchev–Trinajstić information content (AvgIpc) is 2.55. The van der Waals surface area contributed by atoms with Crippen molar-refractivity contribution >= 4 is 51.3 Å². The molecule has 0 aliphatic heterocycles. The van der Waals surface area contributed by atoms with Crippen LogP contribution >= 0.6 is 15.9 Å². The molecule has 0 unspecified atom stereocenters. The number of ether oxygens (including phenoxy) is 1. The van der Waals surface area contributed by atoms with E-state index in [4.69, 9.17) is 4.74 Å². The summed E-state index contributed by atoms with van der Waals surface area (Å²) in [7, 11) is 0. The predicted octanol–water partition coefficient (Wildman–Crippen LogP) is 2.19. The Kier molecular flexibility index (Phi) is 3.70. The number of amides is 1. The van der Waals surface area contributed by atoms with Crippen molar-refractivity contribution in [2.75, 3.05) is 5.32 Å². The Bertz CT molecular complexity index is 593. The number of carbonyl (C=O) groups excluding carboxylic acids is 1. The summed E-state index contributed by atoms with van der Waals surface area (Å²) >= 11 is 3.10. The van der Waals surface area contributed by atoms with Crippen LogP contribution in [0.3, 0.4) is 0 Å². The van der Waals surface area contributed by atoms with Crippen molar-refractivity contribution in [3.8, 4) is 0 Å². The molecule has 0 saturated heterocycles. The molecule has 0 saturated carbocycles. The molecule has 2 aromatic heterocycles. The van der Waals surface area contributed by atoms with Gasteiger partial charge in [-0.15, -0.1) is 0 Å². The van der Waals surface area contributed by atoms with Crippen molar-refractivity contribution in [1.29, 1.82) is 0 Å². The first kappa shape index (κ1) is 13.5. The summed E-state index contributed by atoms with van der Waals surface area (Å²) in [6.45, 7) is 5.43. The number of rotatable bonds is 1. The summed E-state index contributed by atoms with van der Waals surface area (Å²) in [6.07, 6.45) is 1.07. The van der Waals surface area contributed by atoms with Gasteiger partial charge >= 0.3 is 118 Å². The zero-order chi connectivity index (χ0) is 13.3. The third kappa shape index (κ3) is 3.51. The summed E-state index contributed by atoms with van der Waals surface area (Å²) in [6, 6.07) is 0. The van der Waals surface area contributed by atoms with E-state index >= 15 is 0 Å². The minimum atomic E-state index is -0.525. The first-order valence-corrected chi connectivity index (χ1v) is 7.63. The number of carbonyl (C=O) groups is 1. The fourth-order valence-corrected chi connectivity index (χ4v) is 3.33. The SMILES string of the molecule is CC(C)(C)OC(=O)Nc1nc2ncc(Br)nc2[se]1. The van der Waals surface area contributed by atoms with Crippen LogP contribution in [0.4, 0.5) is 9.49 Å². The zero-order valence-corrected chi connectivity index (χ0v) is 13.3. The van der Waals surface area contributed by atoms with Gasteiger partial charge in [0.25, 0.3) is 0 Å². The summed E-state index contributed by atoms with van der Waals surface area (Å²) in [5.41, 5.74) is 0.0343. The van der Waals surface area contributed by atoms with E-state index in [0.29, 0.717) is 14.9 Å². The fraction of sp³-hybridized carbons (Fsp3) is 0.400. The Morgan fingerprint density at radius 2 is 2.17 bits per heavy atom. The van der Waals surface area contributed by atoms with Crippen LogP contribution in [0.15, 0.2) is 10.8 Å². The van der Waals surface area contributed by atoms with Gasteiger partial charge in [0, 0.05) is 0 Å². The summed E-state index contributed by atoms with van der Waals surface area (Å²) in [5, 5.41) is 2.62. The van der Waals surface area contributed by atoms with Crippen LogP contribution in [0.25, 0.3) is 10.0 Å². The third-order valence-corrected chi connectivity index (χ3v) is 3.88. The van der Waals surface area contributed by atoms with Crippen LogP contribution < -0.4 is 5.32 Å². The van der Waals surface area contributed by atoms with E-state index in [1.165, 1.54) is 0 Å². The standard InChI is InChI=1S/C10H11BrN4O2Se/c1-10(2,3)17-9(16)15-8-14-6-7(18-8)13-5(11)4-12-6/h4H,1-3H3,(H,12,14,15,16). The fourth-order valence-electron chi connectivity index (χ4n) is 1.15. The quantitative estimate of drug-likeness (QED) is 0.770. The number of halogens is 1. The Hall–Kier alpha value is -0.981. The van der Waals surface area contributed by atoms with Crippen LogP contribution in [0.5, 0.6) is 0 Å². The Balaban J connectivity index is 2.15. The van der Waals surface area contributed by atoms with Gasteiger partial charge in [-0.3, -0.25) is 0 Å². The Morgan fingerprint density at radius 3 is 2.83 bits per heavy atom. The number of nitrogens with one attached hydrogen (secondary N) is 1. The molecule has 0 bridgehead atoms. The number of anilines is 1. The molecule has 0 aromatic carbocycles. The van der Waals surface area contributed by atoms with E-state index in [1.54, 1.807) is 6.20 Å². The van der Waals surface area contributed by atoms with Crippen molar-refractivity contribution in [3.05, 3.63) is 10.8 Å². The van der Waals surface area contributed by atoms with Crippen LogP contribution in [-0.2, 0) is 4.74 Å². The van der Waals surface area contributed by atoms with Crippen molar-refractivity contribution in [2.45, 2.75) is 26.4 Å². The van der Waals surface area contributed by atoms with Crippen LogP contribution in [0.2, 0.25) is 0 Å². The molecule has 18 heavy (non-hydrogen) atoms. The zero-order valence-electron chi connectivity index (χ0n) is 10.0. The van der Waals surface area contributed by atoms with E-state index < -0.39 is 11.7 Å². The summed E-state index contributed by atoms with van der Waals surface area (Å²) in [4.78, 5) is 24.2. The van der Waals surface area contributed by atoms with Crippen molar-refractivity contribution in [1.82, 2.24) is 15.0 Å². The molecular weight excluding hydrogens is 367 g/mol.